The van der Waals surface area contributed by atoms with Crippen molar-refractivity contribution in [2.24, 2.45) is 0 Å². The van der Waals surface area contributed by atoms with Crippen molar-refractivity contribution in [2.75, 3.05) is 33.4 Å². The van der Waals surface area contributed by atoms with Gasteiger partial charge in [-0.3, -0.25) is 14.9 Å². The Labute approximate surface area is 157 Å². The Morgan fingerprint density at radius 3 is 2.56 bits per heavy atom. The van der Waals surface area contributed by atoms with Gasteiger partial charge in [-0.25, -0.2) is 9.59 Å². The number of nitrogens with one attached hydrogen (secondary N) is 2. The smallest absolute Gasteiger partial charge is 0.338 e. The molecule has 1 aromatic rings. The molecule has 0 radical (unpaired) electrons. The molecule has 1 aliphatic heterocycles. The van der Waals surface area contributed by atoms with Crippen LogP contribution in [-0.2, 0) is 25.6 Å². The zero-order valence-electron chi connectivity index (χ0n) is 15.2. The second kappa shape index (κ2) is 10.3. The third kappa shape index (κ3) is 6.70. The van der Waals surface area contributed by atoms with Gasteiger partial charge in [0.15, 0.2) is 6.61 Å². The molecule has 0 aliphatic carbocycles. The lowest BCUT2D eigenvalue weighted by Gasteiger charge is -2.15. The maximum Gasteiger partial charge on any atom is 0.338 e. The molecule has 1 fully saturated rings. The third-order valence-corrected chi connectivity index (χ3v) is 3.91. The fraction of sp³-hybridized carbons (Fsp3) is 0.444. The topological polar surface area (TPSA) is 114 Å². The van der Waals surface area contributed by atoms with Gasteiger partial charge in [-0.1, -0.05) is 12.1 Å². The predicted octanol–water partition coefficient (Wildman–Crippen LogP) is 0.438. The third-order valence-electron chi connectivity index (χ3n) is 3.91. The van der Waals surface area contributed by atoms with E-state index in [-0.39, 0.29) is 18.0 Å². The molecule has 0 spiro atoms. The van der Waals surface area contributed by atoms with Crippen molar-refractivity contribution in [3.05, 3.63) is 35.4 Å². The molecule has 0 atom stereocenters. The summed E-state index contributed by atoms with van der Waals surface area (Å²) < 4.78 is 9.65. The van der Waals surface area contributed by atoms with Crippen LogP contribution in [0.4, 0.5) is 4.79 Å². The lowest BCUT2D eigenvalue weighted by atomic mass is 10.1. The Bertz CT molecular complexity index is 689. The van der Waals surface area contributed by atoms with Crippen molar-refractivity contribution in [2.45, 2.75) is 19.4 Å². The van der Waals surface area contributed by atoms with E-state index in [0.717, 1.165) is 18.5 Å². The van der Waals surface area contributed by atoms with E-state index in [9.17, 15) is 19.2 Å². The van der Waals surface area contributed by atoms with E-state index in [1.165, 1.54) is 7.11 Å². The SMILES string of the molecule is COCCNC(=O)NC(=O)COC(=O)c1ccc(CN2CCCC2=O)cc1. The number of carbonyl (C=O) groups is 4. The van der Waals surface area contributed by atoms with Crippen LogP contribution in [0.5, 0.6) is 0 Å². The number of amides is 4. The van der Waals surface area contributed by atoms with Crippen LogP contribution in [0.1, 0.15) is 28.8 Å². The first kappa shape index (κ1) is 20.4. The second-order valence-corrected chi connectivity index (χ2v) is 5.99. The zero-order chi connectivity index (χ0) is 19.6. The molecule has 27 heavy (non-hydrogen) atoms. The summed E-state index contributed by atoms with van der Waals surface area (Å²) in [5, 5.41) is 4.45. The Hall–Kier alpha value is -2.94. The van der Waals surface area contributed by atoms with Crippen LogP contribution in [0.3, 0.4) is 0 Å². The van der Waals surface area contributed by atoms with Gasteiger partial charge in [0.2, 0.25) is 5.91 Å². The Morgan fingerprint density at radius 1 is 1.19 bits per heavy atom. The molecule has 9 nitrogen and oxygen atoms in total. The summed E-state index contributed by atoms with van der Waals surface area (Å²) >= 11 is 0. The summed E-state index contributed by atoms with van der Waals surface area (Å²) in [4.78, 5) is 48.3. The predicted molar refractivity (Wildman–Crippen MR) is 94.8 cm³/mol. The molecule has 1 aliphatic rings. The highest BCUT2D eigenvalue weighted by Gasteiger charge is 2.20. The van der Waals surface area contributed by atoms with Gasteiger partial charge in [-0.2, -0.15) is 0 Å². The summed E-state index contributed by atoms with van der Waals surface area (Å²) in [5.74, 6) is -1.27. The number of rotatable bonds is 8. The number of urea groups is 1. The normalized spacial score (nSPS) is 13.4. The van der Waals surface area contributed by atoms with Gasteiger partial charge in [0, 0.05) is 33.2 Å². The van der Waals surface area contributed by atoms with E-state index in [1.807, 2.05) is 5.32 Å². The van der Waals surface area contributed by atoms with Crippen LogP contribution >= 0.6 is 0 Å². The maximum atomic E-state index is 12.0. The van der Waals surface area contributed by atoms with Crippen LogP contribution in [-0.4, -0.2) is 62.1 Å². The van der Waals surface area contributed by atoms with Gasteiger partial charge in [0.1, 0.15) is 0 Å². The Morgan fingerprint density at radius 2 is 1.93 bits per heavy atom. The van der Waals surface area contributed by atoms with Gasteiger partial charge in [-0.05, 0) is 24.1 Å². The molecular formula is C18H23N3O6. The van der Waals surface area contributed by atoms with Crippen LogP contribution in [0.2, 0.25) is 0 Å². The molecule has 9 heteroatoms. The number of imide groups is 1. The molecule has 1 aromatic carbocycles. The molecule has 2 N–H and O–H groups in total. The summed E-state index contributed by atoms with van der Waals surface area (Å²) in [7, 11) is 1.49. The average Bonchev–Trinajstić information content (AvgIpc) is 3.05. The van der Waals surface area contributed by atoms with Crippen molar-refractivity contribution in [1.82, 2.24) is 15.5 Å². The number of esters is 1. The minimum Gasteiger partial charge on any atom is -0.452 e. The van der Waals surface area contributed by atoms with Gasteiger partial charge >= 0.3 is 12.0 Å². The van der Waals surface area contributed by atoms with E-state index >= 15 is 0 Å². The molecule has 2 rings (SSSR count). The van der Waals surface area contributed by atoms with Gasteiger partial charge in [-0.15, -0.1) is 0 Å². The lowest BCUT2D eigenvalue weighted by molar-refractivity contribution is -0.128. The van der Waals surface area contributed by atoms with Crippen molar-refractivity contribution in [1.29, 1.82) is 0 Å². The number of carbonyl (C=O) groups excluding carboxylic acids is 4. The van der Waals surface area contributed by atoms with Crippen molar-refractivity contribution in [3.8, 4) is 0 Å². The highest BCUT2D eigenvalue weighted by molar-refractivity contribution is 5.97. The average molecular weight is 377 g/mol. The lowest BCUT2D eigenvalue weighted by Crippen LogP contribution is -2.42. The Balaban J connectivity index is 1.74. The van der Waals surface area contributed by atoms with E-state index in [2.05, 4.69) is 5.32 Å². The zero-order valence-corrected chi connectivity index (χ0v) is 15.2. The number of nitrogens with zero attached hydrogens (tertiary/aromatic N) is 1. The molecule has 4 amide bonds. The molecule has 1 saturated heterocycles. The minimum atomic E-state index is -0.734. The second-order valence-electron chi connectivity index (χ2n) is 5.99. The van der Waals surface area contributed by atoms with Crippen molar-refractivity contribution < 1.29 is 28.7 Å². The quantitative estimate of drug-likeness (QED) is 0.502. The first-order chi connectivity index (χ1) is 13.0. The number of benzene rings is 1. The molecule has 1 heterocycles. The molecule has 0 bridgehead atoms. The van der Waals surface area contributed by atoms with Crippen LogP contribution < -0.4 is 10.6 Å². The highest BCUT2D eigenvalue weighted by atomic mass is 16.5. The molecular weight excluding hydrogens is 354 g/mol. The fourth-order valence-electron chi connectivity index (χ4n) is 2.53. The van der Waals surface area contributed by atoms with Gasteiger partial charge < -0.3 is 19.7 Å². The molecule has 0 aromatic heterocycles. The van der Waals surface area contributed by atoms with E-state index < -0.39 is 24.5 Å². The summed E-state index contributed by atoms with van der Waals surface area (Å²) in [6.45, 7) is 1.26. The Kier molecular flexibility index (Phi) is 7.75. The van der Waals surface area contributed by atoms with Crippen LogP contribution in [0.15, 0.2) is 24.3 Å². The van der Waals surface area contributed by atoms with Gasteiger partial charge in [0.05, 0.1) is 12.2 Å². The fourth-order valence-corrected chi connectivity index (χ4v) is 2.53. The van der Waals surface area contributed by atoms with Crippen molar-refractivity contribution >= 4 is 23.8 Å². The van der Waals surface area contributed by atoms with Gasteiger partial charge in [0.25, 0.3) is 5.91 Å². The van der Waals surface area contributed by atoms with Crippen molar-refractivity contribution in [3.63, 3.8) is 0 Å². The van der Waals surface area contributed by atoms with Crippen LogP contribution in [0, 0.1) is 0 Å². The van der Waals surface area contributed by atoms with E-state index in [4.69, 9.17) is 9.47 Å². The van der Waals surface area contributed by atoms with E-state index in [1.54, 1.807) is 29.2 Å². The number of methoxy groups -OCH3 is 1. The number of likely N-dealkylation sites (tertiary alicyclic amines) is 1. The standard InChI is InChI=1S/C18H23N3O6/c1-26-10-8-19-18(25)20-15(22)12-27-17(24)14-6-4-13(5-7-14)11-21-9-2-3-16(21)23/h4-7H,2-3,8-12H2,1H3,(H2,19,20,22,25). The highest BCUT2D eigenvalue weighted by Crippen LogP contribution is 2.15. The molecule has 0 unspecified atom stereocenters. The largest absolute Gasteiger partial charge is 0.452 e. The molecule has 0 saturated carbocycles. The number of ether oxygens (including phenoxy) is 2. The maximum absolute atomic E-state index is 12.0. The van der Waals surface area contributed by atoms with E-state index in [0.29, 0.717) is 19.6 Å². The van der Waals surface area contributed by atoms with Crippen LogP contribution in [0.25, 0.3) is 0 Å². The monoisotopic (exact) mass is 377 g/mol. The number of hydrogen-bond donors (Lipinski definition) is 2. The first-order valence-electron chi connectivity index (χ1n) is 8.60. The first-order valence-corrected chi connectivity index (χ1v) is 8.60. The molecule has 146 valence electrons. The summed E-state index contributed by atoms with van der Waals surface area (Å²) in [5.41, 5.74) is 1.19. The summed E-state index contributed by atoms with van der Waals surface area (Å²) in [6, 6.07) is 5.95. The minimum absolute atomic E-state index is 0.135. The number of hydrogen-bond acceptors (Lipinski definition) is 6. The summed E-state index contributed by atoms with van der Waals surface area (Å²) in [6.07, 6.45) is 1.45.